The van der Waals surface area contributed by atoms with Gasteiger partial charge in [-0.3, -0.25) is 4.90 Å². The average Bonchev–Trinajstić information content (AvgIpc) is 3.36. The number of halogens is 1. The number of aliphatic hydroxyl groups excluding tert-OH is 1. The minimum Gasteiger partial charge on any atom is -0.447 e. The third-order valence-corrected chi connectivity index (χ3v) is 5.04. The summed E-state index contributed by atoms with van der Waals surface area (Å²) in [6, 6.07) is 9.93. The van der Waals surface area contributed by atoms with Gasteiger partial charge in [0.1, 0.15) is 24.2 Å². The van der Waals surface area contributed by atoms with Gasteiger partial charge in [-0.25, -0.2) is 9.78 Å². The minimum absolute atomic E-state index is 0.102. The fourth-order valence-electron chi connectivity index (χ4n) is 3.12. The first-order chi connectivity index (χ1) is 14.4. The maximum Gasteiger partial charge on any atom is 0.416 e. The van der Waals surface area contributed by atoms with Crippen molar-refractivity contribution in [3.63, 3.8) is 0 Å². The Morgan fingerprint density at radius 3 is 2.77 bits per heavy atom. The Bertz CT molecular complexity index is 1040. The van der Waals surface area contributed by atoms with Crippen molar-refractivity contribution in [2.45, 2.75) is 32.0 Å². The topological polar surface area (TPSA) is 114 Å². The van der Waals surface area contributed by atoms with Gasteiger partial charge in [0.25, 0.3) is 0 Å². The summed E-state index contributed by atoms with van der Waals surface area (Å²) in [5.74, 6) is 1.23. The van der Waals surface area contributed by atoms with Crippen LogP contribution in [0.1, 0.15) is 25.6 Å². The molecule has 30 heavy (non-hydrogen) atoms. The van der Waals surface area contributed by atoms with Crippen LogP contribution in [0.2, 0.25) is 5.02 Å². The smallest absolute Gasteiger partial charge is 0.416 e. The summed E-state index contributed by atoms with van der Waals surface area (Å²) in [4.78, 5) is 22.0. The Kier molecular flexibility index (Phi) is 5.56. The van der Waals surface area contributed by atoms with Crippen LogP contribution >= 0.6 is 11.6 Å². The van der Waals surface area contributed by atoms with E-state index in [0.29, 0.717) is 28.2 Å². The number of carbonyl (C=O) groups is 1. The highest BCUT2D eigenvalue weighted by molar-refractivity contribution is 6.30. The zero-order valence-corrected chi connectivity index (χ0v) is 17.1. The summed E-state index contributed by atoms with van der Waals surface area (Å²) in [6.07, 6.45) is 0.213. The molecule has 0 aliphatic carbocycles. The predicted molar refractivity (Wildman–Crippen MR) is 110 cm³/mol. The van der Waals surface area contributed by atoms with Crippen molar-refractivity contribution in [2.75, 3.05) is 16.8 Å². The molecule has 0 spiro atoms. The van der Waals surface area contributed by atoms with Gasteiger partial charge >= 0.3 is 6.09 Å². The molecule has 0 bridgehead atoms. The predicted octanol–water partition coefficient (Wildman–Crippen LogP) is 3.66. The number of nitrogens with zero attached hydrogens (tertiary/aromatic N) is 4. The molecule has 2 aromatic heterocycles. The number of aliphatic hydroxyl groups is 1. The standard InChI is InChI=1S/C20H20ClN5O4/c1-11(17-9-15(25-30-17)13-3-5-14(21)6-4-13)23-19-22-8-7-18(24-19)26-16(12(2)27)10-29-20(26)28/h3-9,11-12,16,27H,10H2,1-2H3,(H,22,23,24)/t11-,12+,16?/m0/s1. The van der Waals surface area contributed by atoms with Gasteiger partial charge in [0, 0.05) is 22.8 Å². The zero-order valence-electron chi connectivity index (χ0n) is 16.3. The van der Waals surface area contributed by atoms with E-state index in [9.17, 15) is 9.90 Å². The van der Waals surface area contributed by atoms with Gasteiger partial charge < -0.3 is 19.7 Å². The molecule has 1 fully saturated rings. The Morgan fingerprint density at radius 2 is 2.03 bits per heavy atom. The first-order valence-electron chi connectivity index (χ1n) is 9.38. The van der Waals surface area contributed by atoms with Gasteiger partial charge in [0.15, 0.2) is 5.76 Å². The SMILES string of the molecule is C[C@H](Nc1nccc(N2C(=O)OCC2[C@@H](C)O)n1)c1cc(-c2ccc(Cl)cc2)no1. The second-order valence-electron chi connectivity index (χ2n) is 6.98. The normalized spacial score (nSPS) is 18.2. The van der Waals surface area contributed by atoms with Crippen molar-refractivity contribution < 1.29 is 19.2 Å². The summed E-state index contributed by atoms with van der Waals surface area (Å²) in [5.41, 5.74) is 1.57. The van der Waals surface area contributed by atoms with Gasteiger partial charge in [-0.1, -0.05) is 28.9 Å². The summed E-state index contributed by atoms with van der Waals surface area (Å²) in [5, 5.41) is 17.8. The molecule has 10 heteroatoms. The fraction of sp³-hybridized carbons (Fsp3) is 0.300. The summed E-state index contributed by atoms with van der Waals surface area (Å²) >= 11 is 5.93. The third kappa shape index (κ3) is 4.07. The molecular formula is C20H20ClN5O4. The van der Waals surface area contributed by atoms with Crippen molar-refractivity contribution in [3.8, 4) is 11.3 Å². The van der Waals surface area contributed by atoms with Gasteiger partial charge in [0.05, 0.1) is 12.1 Å². The summed E-state index contributed by atoms with van der Waals surface area (Å²) in [6.45, 7) is 3.58. The number of benzene rings is 1. The molecular weight excluding hydrogens is 410 g/mol. The highest BCUT2D eigenvalue weighted by Crippen LogP contribution is 2.27. The van der Waals surface area contributed by atoms with E-state index >= 15 is 0 Å². The minimum atomic E-state index is -0.762. The Labute approximate surface area is 177 Å². The van der Waals surface area contributed by atoms with E-state index < -0.39 is 18.2 Å². The number of nitrogens with one attached hydrogen (secondary N) is 1. The summed E-state index contributed by atoms with van der Waals surface area (Å²) < 4.78 is 10.5. The lowest BCUT2D eigenvalue weighted by Gasteiger charge is -2.22. The van der Waals surface area contributed by atoms with Gasteiger partial charge in [-0.05, 0) is 32.0 Å². The van der Waals surface area contributed by atoms with Crippen LogP contribution in [0, 0.1) is 0 Å². The van der Waals surface area contributed by atoms with Crippen molar-refractivity contribution in [1.82, 2.24) is 15.1 Å². The molecule has 3 aromatic rings. The number of hydrogen-bond donors (Lipinski definition) is 2. The summed E-state index contributed by atoms with van der Waals surface area (Å²) in [7, 11) is 0. The molecule has 9 nitrogen and oxygen atoms in total. The van der Waals surface area contributed by atoms with E-state index in [1.165, 1.54) is 11.1 Å². The maximum atomic E-state index is 12.1. The molecule has 1 unspecified atom stereocenters. The number of cyclic esters (lactones) is 1. The van der Waals surface area contributed by atoms with Crippen LogP contribution in [0.3, 0.4) is 0 Å². The lowest BCUT2D eigenvalue weighted by molar-refractivity contribution is 0.142. The molecule has 1 saturated heterocycles. The molecule has 1 amide bonds. The Morgan fingerprint density at radius 1 is 1.27 bits per heavy atom. The molecule has 3 heterocycles. The van der Waals surface area contributed by atoms with Crippen LogP contribution in [0.4, 0.5) is 16.6 Å². The largest absolute Gasteiger partial charge is 0.447 e. The molecule has 4 rings (SSSR count). The quantitative estimate of drug-likeness (QED) is 0.610. The zero-order chi connectivity index (χ0) is 21.3. The number of anilines is 2. The molecule has 0 saturated carbocycles. The molecule has 2 N–H and O–H groups in total. The molecule has 3 atom stereocenters. The van der Waals surface area contributed by atoms with E-state index in [4.69, 9.17) is 20.9 Å². The lowest BCUT2D eigenvalue weighted by atomic mass is 10.1. The van der Waals surface area contributed by atoms with E-state index in [0.717, 1.165) is 5.56 Å². The van der Waals surface area contributed by atoms with Crippen molar-refractivity contribution in [2.24, 2.45) is 0 Å². The Hall–Kier alpha value is -3.17. The average molecular weight is 430 g/mol. The van der Waals surface area contributed by atoms with E-state index in [1.54, 1.807) is 25.1 Å². The highest BCUT2D eigenvalue weighted by atomic mass is 35.5. The second-order valence-corrected chi connectivity index (χ2v) is 7.42. The van der Waals surface area contributed by atoms with Crippen LogP contribution in [0.5, 0.6) is 0 Å². The monoisotopic (exact) mass is 429 g/mol. The number of aromatic nitrogens is 3. The molecule has 1 aliphatic rings. The number of ether oxygens (including phenoxy) is 1. The van der Waals surface area contributed by atoms with Gasteiger partial charge in [-0.2, -0.15) is 4.98 Å². The maximum absolute atomic E-state index is 12.1. The third-order valence-electron chi connectivity index (χ3n) is 4.79. The van der Waals surface area contributed by atoms with Crippen molar-refractivity contribution in [3.05, 3.63) is 53.4 Å². The van der Waals surface area contributed by atoms with Crippen LogP contribution in [0.15, 0.2) is 47.1 Å². The van der Waals surface area contributed by atoms with Gasteiger partial charge in [-0.15, -0.1) is 0 Å². The number of amides is 1. The molecule has 1 aromatic carbocycles. The number of hydrogen-bond acceptors (Lipinski definition) is 8. The second kappa shape index (κ2) is 8.29. The number of carbonyl (C=O) groups excluding carboxylic acids is 1. The molecule has 0 radical (unpaired) electrons. The van der Waals surface area contributed by atoms with Gasteiger partial charge in [0.2, 0.25) is 5.95 Å². The van der Waals surface area contributed by atoms with E-state index in [-0.39, 0.29) is 12.6 Å². The van der Waals surface area contributed by atoms with Crippen molar-refractivity contribution in [1.29, 1.82) is 0 Å². The number of rotatable bonds is 6. The fourth-order valence-corrected chi connectivity index (χ4v) is 3.25. The van der Waals surface area contributed by atoms with Crippen LogP contribution in [0.25, 0.3) is 11.3 Å². The molecule has 156 valence electrons. The Balaban J connectivity index is 1.50. The molecule has 1 aliphatic heterocycles. The highest BCUT2D eigenvalue weighted by Gasteiger charge is 2.38. The lowest BCUT2D eigenvalue weighted by Crippen LogP contribution is -2.41. The van der Waals surface area contributed by atoms with Crippen molar-refractivity contribution >= 4 is 29.5 Å². The first kappa shape index (κ1) is 20.1. The first-order valence-corrected chi connectivity index (χ1v) is 9.76. The van der Waals surface area contributed by atoms with Crippen LogP contribution in [-0.4, -0.2) is 45.1 Å². The van der Waals surface area contributed by atoms with E-state index in [2.05, 4.69) is 20.4 Å². The van der Waals surface area contributed by atoms with Crippen LogP contribution < -0.4 is 10.2 Å². The van der Waals surface area contributed by atoms with E-state index in [1.807, 2.05) is 25.1 Å². The van der Waals surface area contributed by atoms with Crippen LogP contribution in [-0.2, 0) is 4.74 Å².